The van der Waals surface area contributed by atoms with Crippen molar-refractivity contribution in [3.05, 3.63) is 47.7 Å². The monoisotopic (exact) mass is 272 g/mol. The highest BCUT2D eigenvalue weighted by Crippen LogP contribution is 2.29. The van der Waals surface area contributed by atoms with Crippen molar-refractivity contribution in [1.29, 1.82) is 0 Å². The van der Waals surface area contributed by atoms with Crippen LogP contribution in [-0.4, -0.2) is 17.6 Å². The Labute approximate surface area is 117 Å². The van der Waals surface area contributed by atoms with Gasteiger partial charge in [-0.1, -0.05) is 6.07 Å². The highest BCUT2D eigenvalue weighted by atomic mass is 16.5. The molecule has 0 spiro atoms. The summed E-state index contributed by atoms with van der Waals surface area (Å²) in [6.45, 7) is 3.97. The summed E-state index contributed by atoms with van der Waals surface area (Å²) in [4.78, 5) is 15.9. The molecule has 2 N–H and O–H groups in total. The second-order valence-corrected chi connectivity index (χ2v) is 4.22. The first-order chi connectivity index (χ1) is 9.61. The van der Waals surface area contributed by atoms with Gasteiger partial charge < -0.3 is 15.2 Å². The van der Waals surface area contributed by atoms with Crippen molar-refractivity contribution >= 4 is 11.7 Å². The van der Waals surface area contributed by atoms with E-state index in [1.807, 2.05) is 13.0 Å². The number of carbonyl (C=O) groups excluding carboxylic acids is 1. The second-order valence-electron chi connectivity index (χ2n) is 4.22. The number of hydrogen-bond donors (Lipinski definition) is 1. The normalized spacial score (nSPS) is 10.1. The highest BCUT2D eigenvalue weighted by Gasteiger charge is 2.16. The third-order valence-corrected chi connectivity index (χ3v) is 2.64. The molecular weight excluding hydrogens is 256 g/mol. The maximum absolute atomic E-state index is 11.8. The molecule has 0 aliphatic carbocycles. The second kappa shape index (κ2) is 6.06. The molecule has 20 heavy (non-hydrogen) atoms. The van der Waals surface area contributed by atoms with E-state index in [0.717, 1.165) is 5.56 Å². The number of nitrogen functional groups attached to an aromatic ring is 1. The van der Waals surface area contributed by atoms with Crippen molar-refractivity contribution in [2.45, 2.75) is 13.8 Å². The fourth-order valence-corrected chi connectivity index (χ4v) is 1.70. The van der Waals surface area contributed by atoms with Crippen LogP contribution in [-0.2, 0) is 4.74 Å². The fourth-order valence-electron chi connectivity index (χ4n) is 1.70. The molecule has 1 aromatic carbocycles. The SMILES string of the molecule is CCOC(=O)c1cccnc1Oc1ccc(C)cc1N. The molecular formula is C15H16N2O3. The Balaban J connectivity index is 2.31. The highest BCUT2D eigenvalue weighted by molar-refractivity contribution is 5.91. The molecule has 1 aromatic heterocycles. The average molecular weight is 272 g/mol. The largest absolute Gasteiger partial charge is 0.462 e. The molecule has 0 bridgehead atoms. The number of ether oxygens (including phenoxy) is 2. The van der Waals surface area contributed by atoms with Gasteiger partial charge >= 0.3 is 5.97 Å². The Kier molecular flexibility index (Phi) is 4.20. The Morgan fingerprint density at radius 2 is 2.15 bits per heavy atom. The molecule has 1 heterocycles. The number of nitrogens with two attached hydrogens (primary N) is 1. The Hall–Kier alpha value is -2.56. The number of esters is 1. The predicted octanol–water partition coefficient (Wildman–Crippen LogP) is 2.94. The van der Waals surface area contributed by atoms with E-state index >= 15 is 0 Å². The minimum Gasteiger partial charge on any atom is -0.462 e. The maximum atomic E-state index is 11.8. The number of benzene rings is 1. The first kappa shape index (κ1) is 13.9. The van der Waals surface area contributed by atoms with E-state index < -0.39 is 5.97 Å². The lowest BCUT2D eigenvalue weighted by atomic mass is 10.2. The molecule has 0 unspecified atom stereocenters. The van der Waals surface area contributed by atoms with E-state index in [4.69, 9.17) is 15.2 Å². The number of aryl methyl sites for hydroxylation is 1. The van der Waals surface area contributed by atoms with Crippen LogP contribution in [0.5, 0.6) is 11.6 Å². The summed E-state index contributed by atoms with van der Waals surface area (Å²) >= 11 is 0. The molecule has 0 fully saturated rings. The van der Waals surface area contributed by atoms with Gasteiger partial charge in [0, 0.05) is 6.20 Å². The van der Waals surface area contributed by atoms with Crippen molar-refractivity contribution in [2.24, 2.45) is 0 Å². The van der Waals surface area contributed by atoms with Gasteiger partial charge in [0.15, 0.2) is 5.75 Å². The number of aromatic nitrogens is 1. The quantitative estimate of drug-likeness (QED) is 0.684. The summed E-state index contributed by atoms with van der Waals surface area (Å²) in [7, 11) is 0. The van der Waals surface area contributed by atoms with Crippen LogP contribution < -0.4 is 10.5 Å². The van der Waals surface area contributed by atoms with E-state index in [1.165, 1.54) is 0 Å². The molecule has 0 aliphatic heterocycles. The van der Waals surface area contributed by atoms with Gasteiger partial charge in [-0.05, 0) is 43.7 Å². The third kappa shape index (κ3) is 3.06. The number of hydrogen-bond acceptors (Lipinski definition) is 5. The van der Waals surface area contributed by atoms with Crippen LogP contribution in [0.3, 0.4) is 0 Å². The van der Waals surface area contributed by atoms with Crippen molar-refractivity contribution in [2.75, 3.05) is 12.3 Å². The van der Waals surface area contributed by atoms with Gasteiger partial charge in [-0.3, -0.25) is 0 Å². The molecule has 2 aromatic rings. The average Bonchev–Trinajstić information content (AvgIpc) is 2.43. The zero-order valence-corrected chi connectivity index (χ0v) is 11.4. The van der Waals surface area contributed by atoms with E-state index in [-0.39, 0.29) is 11.4 Å². The van der Waals surface area contributed by atoms with E-state index in [0.29, 0.717) is 18.0 Å². The van der Waals surface area contributed by atoms with Crippen molar-refractivity contribution in [3.8, 4) is 11.6 Å². The predicted molar refractivity (Wildman–Crippen MR) is 75.9 cm³/mol. The number of carbonyl (C=O) groups is 1. The van der Waals surface area contributed by atoms with Gasteiger partial charge in [0.1, 0.15) is 5.56 Å². The maximum Gasteiger partial charge on any atom is 0.343 e. The van der Waals surface area contributed by atoms with E-state index in [1.54, 1.807) is 37.4 Å². The minimum atomic E-state index is -0.471. The molecule has 0 amide bonds. The molecule has 0 aliphatic rings. The van der Waals surface area contributed by atoms with Crippen LogP contribution in [0.25, 0.3) is 0 Å². The standard InChI is InChI=1S/C15H16N2O3/c1-3-19-15(18)11-5-4-8-17-14(11)20-13-7-6-10(2)9-12(13)16/h4-9H,3,16H2,1-2H3. The molecule has 104 valence electrons. The van der Waals surface area contributed by atoms with Crippen LogP contribution in [0, 0.1) is 6.92 Å². The summed E-state index contributed by atoms with van der Waals surface area (Å²) in [6, 6.07) is 8.66. The lowest BCUT2D eigenvalue weighted by Crippen LogP contribution is -2.07. The Bertz CT molecular complexity index is 626. The molecule has 2 rings (SSSR count). The van der Waals surface area contributed by atoms with E-state index in [2.05, 4.69) is 4.98 Å². The summed E-state index contributed by atoms with van der Waals surface area (Å²) in [6.07, 6.45) is 1.54. The third-order valence-electron chi connectivity index (χ3n) is 2.64. The van der Waals surface area contributed by atoms with Gasteiger partial charge in [0.2, 0.25) is 5.88 Å². The first-order valence-corrected chi connectivity index (χ1v) is 6.28. The van der Waals surface area contributed by atoms with Crippen LogP contribution >= 0.6 is 0 Å². The Morgan fingerprint density at radius 3 is 2.85 bits per heavy atom. The van der Waals surface area contributed by atoms with Gasteiger partial charge in [0.05, 0.1) is 12.3 Å². The van der Waals surface area contributed by atoms with Crippen molar-refractivity contribution in [1.82, 2.24) is 4.98 Å². The molecule has 0 saturated carbocycles. The summed E-state index contributed by atoms with van der Waals surface area (Å²) in [5.41, 5.74) is 7.68. The van der Waals surface area contributed by atoms with Crippen molar-refractivity contribution in [3.63, 3.8) is 0 Å². The van der Waals surface area contributed by atoms with Gasteiger partial charge in [-0.25, -0.2) is 9.78 Å². The number of pyridine rings is 1. The van der Waals surface area contributed by atoms with Gasteiger partial charge in [-0.2, -0.15) is 0 Å². The molecule has 0 atom stereocenters. The molecule has 0 saturated heterocycles. The summed E-state index contributed by atoms with van der Waals surface area (Å²) < 4.78 is 10.6. The van der Waals surface area contributed by atoms with Crippen LogP contribution in [0.15, 0.2) is 36.5 Å². The first-order valence-electron chi connectivity index (χ1n) is 6.28. The van der Waals surface area contributed by atoms with Crippen LogP contribution in [0.1, 0.15) is 22.8 Å². The van der Waals surface area contributed by atoms with Gasteiger partial charge in [0.25, 0.3) is 0 Å². The fraction of sp³-hybridized carbons (Fsp3) is 0.200. The number of anilines is 1. The van der Waals surface area contributed by atoms with Crippen molar-refractivity contribution < 1.29 is 14.3 Å². The summed E-state index contributed by atoms with van der Waals surface area (Å²) in [5, 5.41) is 0. The zero-order chi connectivity index (χ0) is 14.5. The zero-order valence-electron chi connectivity index (χ0n) is 11.4. The van der Waals surface area contributed by atoms with E-state index in [9.17, 15) is 4.79 Å². The minimum absolute atomic E-state index is 0.182. The van der Waals surface area contributed by atoms with Gasteiger partial charge in [-0.15, -0.1) is 0 Å². The van der Waals surface area contributed by atoms with Crippen LogP contribution in [0.4, 0.5) is 5.69 Å². The topological polar surface area (TPSA) is 74.4 Å². The van der Waals surface area contributed by atoms with Crippen LogP contribution in [0.2, 0.25) is 0 Å². The number of rotatable bonds is 4. The smallest absolute Gasteiger partial charge is 0.343 e. The lowest BCUT2D eigenvalue weighted by Gasteiger charge is -2.11. The molecule has 5 nitrogen and oxygen atoms in total. The molecule has 5 heteroatoms. The number of nitrogens with zero attached hydrogens (tertiary/aromatic N) is 1. The molecule has 0 radical (unpaired) electrons. The Morgan fingerprint density at radius 1 is 1.35 bits per heavy atom. The summed E-state index contributed by atoms with van der Waals surface area (Å²) in [5.74, 6) is 0.169. The lowest BCUT2D eigenvalue weighted by molar-refractivity contribution is 0.0522.